The number of benzene rings is 1. The highest BCUT2D eigenvalue weighted by Gasteiger charge is 2.45. The van der Waals surface area contributed by atoms with Crippen molar-refractivity contribution < 1.29 is 24.9 Å². The topological polar surface area (TPSA) is 102 Å². The van der Waals surface area contributed by atoms with Crippen LogP contribution in [-0.4, -0.2) is 80.9 Å². The summed E-state index contributed by atoms with van der Waals surface area (Å²) in [6.45, 7) is -0.455. The first-order chi connectivity index (χ1) is 11.8. The minimum Gasteiger partial charge on any atom is -0.394 e. The normalized spacial score (nSPS) is 29.1. The Morgan fingerprint density at radius 3 is 2.48 bits per heavy atom. The largest absolute Gasteiger partial charge is 0.394 e. The standard InChI is InChI=1S/C16H22N2O5S2/c1-18(2)16(24)25-15-11(13(21)12(20)10(8-19)23-15)17-14(22)9-6-4-3-5-7-9/h3-7,10-13,15,19-21H,8H2,1-2H3,(H,17,22)/t10-,11?,12-,13-,15+/m1/s1. The van der Waals surface area contributed by atoms with Crippen molar-refractivity contribution in [2.24, 2.45) is 0 Å². The number of hydrogen-bond donors (Lipinski definition) is 4. The molecule has 1 fully saturated rings. The van der Waals surface area contributed by atoms with Gasteiger partial charge in [-0.05, 0) is 12.1 Å². The zero-order valence-corrected chi connectivity index (χ0v) is 15.5. The summed E-state index contributed by atoms with van der Waals surface area (Å²) in [4.78, 5) is 14.1. The van der Waals surface area contributed by atoms with Gasteiger partial charge in [0.1, 0.15) is 28.1 Å². The molecule has 1 aromatic carbocycles. The van der Waals surface area contributed by atoms with Gasteiger partial charge in [-0.2, -0.15) is 0 Å². The highest BCUT2D eigenvalue weighted by molar-refractivity contribution is 8.23. The Bertz CT molecular complexity index is 601. The molecule has 5 atom stereocenters. The van der Waals surface area contributed by atoms with E-state index in [0.29, 0.717) is 9.88 Å². The number of amides is 1. The van der Waals surface area contributed by atoms with Gasteiger partial charge in [0.2, 0.25) is 0 Å². The highest BCUT2D eigenvalue weighted by atomic mass is 32.2. The van der Waals surface area contributed by atoms with Crippen molar-refractivity contribution in [1.29, 1.82) is 0 Å². The van der Waals surface area contributed by atoms with Gasteiger partial charge >= 0.3 is 0 Å². The van der Waals surface area contributed by atoms with Crippen LogP contribution in [0.5, 0.6) is 0 Å². The third kappa shape index (κ3) is 4.90. The van der Waals surface area contributed by atoms with Crippen LogP contribution in [0.2, 0.25) is 0 Å². The average Bonchev–Trinajstić information content (AvgIpc) is 2.61. The van der Waals surface area contributed by atoms with Gasteiger partial charge in [-0.3, -0.25) is 4.79 Å². The Balaban J connectivity index is 2.19. The third-order valence-corrected chi connectivity index (χ3v) is 5.65. The Kier molecular flexibility index (Phi) is 7.17. The summed E-state index contributed by atoms with van der Waals surface area (Å²) in [5.74, 6) is -0.399. The van der Waals surface area contributed by atoms with Crippen molar-refractivity contribution >= 4 is 34.2 Å². The second kappa shape index (κ2) is 8.93. The van der Waals surface area contributed by atoms with Gasteiger partial charge in [-0.15, -0.1) is 0 Å². The first-order valence-electron chi connectivity index (χ1n) is 7.71. The van der Waals surface area contributed by atoms with Crippen LogP contribution in [0.1, 0.15) is 10.4 Å². The monoisotopic (exact) mass is 386 g/mol. The van der Waals surface area contributed by atoms with Crippen LogP contribution in [0.25, 0.3) is 0 Å². The van der Waals surface area contributed by atoms with E-state index in [0.717, 1.165) is 11.8 Å². The van der Waals surface area contributed by atoms with E-state index in [9.17, 15) is 20.1 Å². The zero-order chi connectivity index (χ0) is 18.6. The van der Waals surface area contributed by atoms with Crippen LogP contribution >= 0.6 is 24.0 Å². The van der Waals surface area contributed by atoms with Crippen molar-refractivity contribution in [3.8, 4) is 0 Å². The number of carbonyl (C=O) groups excluding carboxylic acids is 1. The molecule has 1 aromatic rings. The second-order valence-electron chi connectivity index (χ2n) is 5.85. The van der Waals surface area contributed by atoms with E-state index < -0.39 is 42.3 Å². The molecule has 0 spiro atoms. The molecular weight excluding hydrogens is 364 g/mol. The van der Waals surface area contributed by atoms with Gasteiger partial charge in [0.05, 0.1) is 12.6 Å². The molecule has 25 heavy (non-hydrogen) atoms. The van der Waals surface area contributed by atoms with Crippen molar-refractivity contribution in [1.82, 2.24) is 10.2 Å². The lowest BCUT2D eigenvalue weighted by Crippen LogP contribution is -2.63. The van der Waals surface area contributed by atoms with Gasteiger partial charge in [0, 0.05) is 19.7 Å². The van der Waals surface area contributed by atoms with E-state index in [1.165, 1.54) is 0 Å². The highest BCUT2D eigenvalue weighted by Crippen LogP contribution is 2.30. The smallest absolute Gasteiger partial charge is 0.251 e. The number of carbonyl (C=O) groups is 1. The molecule has 2 rings (SSSR count). The lowest BCUT2D eigenvalue weighted by atomic mass is 9.98. The van der Waals surface area contributed by atoms with Gasteiger partial charge < -0.3 is 30.3 Å². The van der Waals surface area contributed by atoms with E-state index in [1.807, 2.05) is 0 Å². The van der Waals surface area contributed by atoms with E-state index >= 15 is 0 Å². The number of thioether (sulfide) groups is 1. The van der Waals surface area contributed by atoms with Crippen LogP contribution < -0.4 is 5.32 Å². The van der Waals surface area contributed by atoms with Gasteiger partial charge in [0.25, 0.3) is 5.91 Å². The van der Waals surface area contributed by atoms with Gasteiger partial charge in [-0.1, -0.05) is 42.2 Å². The number of thiocarbonyl (C=S) groups is 1. The molecule has 9 heteroatoms. The number of hydrogen-bond acceptors (Lipinski definition) is 7. The maximum atomic E-state index is 12.4. The summed E-state index contributed by atoms with van der Waals surface area (Å²) in [6.07, 6.45) is -3.58. The molecule has 0 aromatic heterocycles. The van der Waals surface area contributed by atoms with Crippen LogP contribution in [-0.2, 0) is 4.74 Å². The molecule has 138 valence electrons. The van der Waals surface area contributed by atoms with E-state index in [1.54, 1.807) is 49.3 Å². The first kappa shape index (κ1) is 20.1. The Labute approximate surface area is 156 Å². The predicted octanol–water partition coefficient (Wildman–Crippen LogP) is -0.196. The zero-order valence-electron chi connectivity index (χ0n) is 13.9. The lowest BCUT2D eigenvalue weighted by Gasteiger charge is -2.42. The van der Waals surface area contributed by atoms with Crippen molar-refractivity contribution in [3.05, 3.63) is 35.9 Å². The second-order valence-corrected chi connectivity index (χ2v) is 7.58. The molecular formula is C16H22N2O5S2. The molecule has 1 heterocycles. The summed E-state index contributed by atoms with van der Waals surface area (Å²) in [5.41, 5.74) is -0.328. The molecule has 7 nitrogen and oxygen atoms in total. The fourth-order valence-electron chi connectivity index (χ4n) is 2.37. The number of ether oxygens (including phenoxy) is 1. The van der Waals surface area contributed by atoms with Crippen molar-refractivity contribution in [3.63, 3.8) is 0 Å². The van der Waals surface area contributed by atoms with Crippen LogP contribution in [0, 0.1) is 0 Å². The minimum absolute atomic E-state index is 0.399. The number of nitrogens with one attached hydrogen (secondary N) is 1. The summed E-state index contributed by atoms with van der Waals surface area (Å²) in [6, 6.07) is 7.64. The summed E-state index contributed by atoms with van der Waals surface area (Å²) < 4.78 is 6.15. The molecule has 1 amide bonds. The van der Waals surface area contributed by atoms with Crippen LogP contribution in [0.4, 0.5) is 0 Å². The summed E-state index contributed by atoms with van der Waals surface area (Å²) in [5, 5.41) is 32.6. The minimum atomic E-state index is -1.32. The molecule has 1 unspecified atom stereocenters. The number of nitrogens with zero attached hydrogens (tertiary/aromatic N) is 1. The van der Waals surface area contributed by atoms with E-state index in [4.69, 9.17) is 17.0 Å². The maximum absolute atomic E-state index is 12.4. The fourth-order valence-corrected chi connectivity index (χ4v) is 3.63. The number of aliphatic hydroxyl groups is 3. The van der Waals surface area contributed by atoms with Gasteiger partial charge in [0.15, 0.2) is 0 Å². The van der Waals surface area contributed by atoms with Crippen LogP contribution in [0.3, 0.4) is 0 Å². The first-order valence-corrected chi connectivity index (χ1v) is 9.00. The molecule has 0 bridgehead atoms. The number of rotatable bonds is 4. The molecule has 1 aliphatic heterocycles. The molecule has 0 aliphatic carbocycles. The SMILES string of the molecule is CN(C)C(=S)S[C@@H]1O[C@H](CO)[C@@H](O)[C@H](O)C1NC(=O)c1ccccc1. The fraction of sp³-hybridized carbons (Fsp3) is 0.500. The third-order valence-electron chi connectivity index (χ3n) is 3.80. The maximum Gasteiger partial charge on any atom is 0.251 e. The van der Waals surface area contributed by atoms with Crippen molar-refractivity contribution in [2.45, 2.75) is 29.8 Å². The molecule has 0 saturated carbocycles. The summed E-state index contributed by atoms with van der Waals surface area (Å²) >= 11 is 6.39. The quantitative estimate of drug-likeness (QED) is 0.528. The lowest BCUT2D eigenvalue weighted by molar-refractivity contribution is -0.169. The van der Waals surface area contributed by atoms with E-state index in [2.05, 4.69) is 5.32 Å². The van der Waals surface area contributed by atoms with Gasteiger partial charge in [-0.25, -0.2) is 0 Å². The predicted molar refractivity (Wildman–Crippen MR) is 99.3 cm³/mol. The Morgan fingerprint density at radius 1 is 1.28 bits per heavy atom. The molecule has 1 saturated heterocycles. The number of aliphatic hydroxyl groups excluding tert-OH is 3. The van der Waals surface area contributed by atoms with Crippen molar-refractivity contribution in [2.75, 3.05) is 20.7 Å². The molecule has 0 radical (unpaired) electrons. The van der Waals surface area contributed by atoms with Crippen LogP contribution in [0.15, 0.2) is 30.3 Å². The average molecular weight is 386 g/mol. The van der Waals surface area contributed by atoms with E-state index in [-0.39, 0.29) is 0 Å². The molecule has 1 aliphatic rings. The Morgan fingerprint density at radius 2 is 1.92 bits per heavy atom. The molecule has 4 N–H and O–H groups in total. The Hall–Kier alpha value is -1.23. The summed E-state index contributed by atoms with van der Waals surface area (Å²) in [7, 11) is 3.54.